The molecule has 1 atom stereocenters. The Morgan fingerprint density at radius 3 is 2.92 bits per heavy atom. The predicted molar refractivity (Wildman–Crippen MR) is 91.5 cm³/mol. The van der Waals surface area contributed by atoms with Gasteiger partial charge in [-0.25, -0.2) is 0 Å². The number of anilines is 1. The molecule has 25 heavy (non-hydrogen) atoms. The number of morpholine rings is 1. The minimum Gasteiger partial charge on any atom is -0.483 e. The molecule has 1 aliphatic rings. The van der Waals surface area contributed by atoms with Crippen LogP contribution in [0.5, 0.6) is 0 Å². The van der Waals surface area contributed by atoms with Gasteiger partial charge < -0.3 is 19.7 Å². The van der Waals surface area contributed by atoms with Gasteiger partial charge in [-0.05, 0) is 6.07 Å². The predicted octanol–water partition coefficient (Wildman–Crippen LogP) is 2.01. The van der Waals surface area contributed by atoms with Crippen LogP contribution in [-0.2, 0) is 14.3 Å². The fraction of sp³-hybridized carbons (Fsp3) is 0.312. The lowest BCUT2D eigenvalue weighted by Gasteiger charge is -2.22. The van der Waals surface area contributed by atoms with Gasteiger partial charge in [0.05, 0.1) is 18.2 Å². The van der Waals surface area contributed by atoms with Crippen molar-refractivity contribution in [2.45, 2.75) is 12.5 Å². The van der Waals surface area contributed by atoms with Crippen LogP contribution in [0, 0.1) is 0 Å². The topological polar surface area (TPSA) is 114 Å². The van der Waals surface area contributed by atoms with Gasteiger partial charge in [0.15, 0.2) is 0 Å². The third-order valence-electron chi connectivity index (χ3n) is 3.35. The minimum absolute atomic E-state index is 0.0275. The third kappa shape index (κ3) is 5.86. The maximum atomic E-state index is 12.0. The van der Waals surface area contributed by atoms with Gasteiger partial charge in [0, 0.05) is 30.6 Å². The molecular weight excluding hydrogens is 350 g/mol. The Morgan fingerprint density at radius 1 is 1.48 bits per heavy atom. The molecule has 1 aromatic heterocycles. The lowest BCUT2D eigenvalue weighted by atomic mass is 10.1. The first-order valence-corrected chi connectivity index (χ1v) is 7.92. The van der Waals surface area contributed by atoms with Crippen molar-refractivity contribution in [1.29, 1.82) is 0 Å². The second-order valence-corrected chi connectivity index (χ2v) is 5.55. The average Bonchev–Trinajstić information content (AvgIpc) is 3.05. The molecule has 8 nitrogen and oxygen atoms in total. The Morgan fingerprint density at radius 2 is 2.24 bits per heavy atom. The Hall–Kier alpha value is -2.42. The maximum Gasteiger partial charge on any atom is 0.290 e. The molecule has 1 aromatic carbocycles. The van der Waals surface area contributed by atoms with Crippen LogP contribution in [0.15, 0.2) is 34.9 Å². The summed E-state index contributed by atoms with van der Waals surface area (Å²) in [5.41, 5.74) is 1.34. The van der Waals surface area contributed by atoms with E-state index in [1.165, 1.54) is 0 Å². The van der Waals surface area contributed by atoms with Gasteiger partial charge >= 0.3 is 0 Å². The van der Waals surface area contributed by atoms with Gasteiger partial charge in [-0.15, -0.1) is 0 Å². The monoisotopic (exact) mass is 367 g/mol. The Kier molecular flexibility index (Phi) is 7.39. The number of carbonyl (C=O) groups is 2. The first kappa shape index (κ1) is 18.9. The normalized spacial score (nSPS) is 16.4. The summed E-state index contributed by atoms with van der Waals surface area (Å²) in [6.45, 7) is 1.73. The molecule has 0 bridgehead atoms. The smallest absolute Gasteiger partial charge is 0.290 e. The molecule has 1 amide bonds. The van der Waals surface area contributed by atoms with E-state index in [4.69, 9.17) is 30.8 Å². The number of hydrogen-bond acceptors (Lipinski definition) is 6. The van der Waals surface area contributed by atoms with E-state index < -0.39 is 0 Å². The summed E-state index contributed by atoms with van der Waals surface area (Å²) in [4.78, 5) is 20.3. The van der Waals surface area contributed by atoms with E-state index in [9.17, 15) is 4.79 Å². The summed E-state index contributed by atoms with van der Waals surface area (Å²) >= 11 is 6.11. The number of aromatic nitrogens is 1. The van der Waals surface area contributed by atoms with Crippen molar-refractivity contribution in [3.05, 3.63) is 35.4 Å². The molecule has 1 aliphatic heterocycles. The standard InChI is InChI=1S/C15H16ClN3O3.CH2O2/c16-12-4-2-1-3-11(12)13-8-15(22-19-13)18-14(20)7-10-9-21-6-5-17-10;2-1-3/h1-4,8,10,17H,5-7,9H2,(H,18,20);1H,(H,2,3). The van der Waals surface area contributed by atoms with Crippen molar-refractivity contribution >= 4 is 29.9 Å². The highest BCUT2D eigenvalue weighted by atomic mass is 35.5. The molecule has 1 unspecified atom stereocenters. The number of ether oxygens (including phenoxy) is 1. The Bertz CT molecular complexity index is 701. The molecule has 3 rings (SSSR count). The van der Waals surface area contributed by atoms with E-state index in [1.807, 2.05) is 18.2 Å². The van der Waals surface area contributed by atoms with Gasteiger partial charge in [0.1, 0.15) is 5.69 Å². The van der Waals surface area contributed by atoms with E-state index in [2.05, 4.69) is 15.8 Å². The highest BCUT2D eigenvalue weighted by Gasteiger charge is 2.18. The molecule has 0 saturated carbocycles. The van der Waals surface area contributed by atoms with E-state index in [0.29, 0.717) is 36.2 Å². The van der Waals surface area contributed by atoms with Gasteiger partial charge in [0.25, 0.3) is 6.47 Å². The molecule has 134 valence electrons. The Labute approximate surface area is 149 Å². The second kappa shape index (κ2) is 9.77. The van der Waals surface area contributed by atoms with Crippen LogP contribution >= 0.6 is 11.6 Å². The minimum atomic E-state index is -0.250. The number of carboxylic acid groups (broad SMARTS) is 1. The molecule has 2 aromatic rings. The summed E-state index contributed by atoms with van der Waals surface area (Å²) < 4.78 is 10.5. The summed E-state index contributed by atoms with van der Waals surface area (Å²) in [5.74, 6) is 0.154. The number of nitrogens with zero attached hydrogens (tertiary/aromatic N) is 1. The van der Waals surface area contributed by atoms with Gasteiger partial charge in [-0.3, -0.25) is 14.9 Å². The molecule has 0 spiro atoms. The summed E-state index contributed by atoms with van der Waals surface area (Å²) in [5, 5.41) is 17.3. The van der Waals surface area contributed by atoms with Crippen LogP contribution in [0.25, 0.3) is 11.3 Å². The van der Waals surface area contributed by atoms with Crippen molar-refractivity contribution in [2.75, 3.05) is 25.1 Å². The largest absolute Gasteiger partial charge is 0.483 e. The first-order valence-electron chi connectivity index (χ1n) is 7.54. The number of nitrogens with one attached hydrogen (secondary N) is 2. The molecular formula is C16H18ClN3O5. The van der Waals surface area contributed by atoms with Crippen molar-refractivity contribution in [1.82, 2.24) is 10.5 Å². The van der Waals surface area contributed by atoms with Crippen LogP contribution in [-0.4, -0.2) is 48.4 Å². The van der Waals surface area contributed by atoms with E-state index >= 15 is 0 Å². The van der Waals surface area contributed by atoms with Crippen LogP contribution in [0.2, 0.25) is 5.02 Å². The van der Waals surface area contributed by atoms with Gasteiger partial charge in [-0.1, -0.05) is 35.0 Å². The average molecular weight is 368 g/mol. The molecule has 3 N–H and O–H groups in total. The number of rotatable bonds is 4. The van der Waals surface area contributed by atoms with E-state index in [1.54, 1.807) is 12.1 Å². The maximum absolute atomic E-state index is 12.0. The van der Waals surface area contributed by atoms with Crippen LogP contribution in [0.1, 0.15) is 6.42 Å². The van der Waals surface area contributed by atoms with Crippen LogP contribution in [0.3, 0.4) is 0 Å². The zero-order valence-corrected chi connectivity index (χ0v) is 14.0. The van der Waals surface area contributed by atoms with Gasteiger partial charge in [-0.2, -0.15) is 0 Å². The number of amides is 1. The molecule has 0 aliphatic carbocycles. The van der Waals surface area contributed by atoms with Gasteiger partial charge in [0.2, 0.25) is 11.8 Å². The lowest BCUT2D eigenvalue weighted by Crippen LogP contribution is -2.43. The highest BCUT2D eigenvalue weighted by Crippen LogP contribution is 2.28. The fourth-order valence-electron chi connectivity index (χ4n) is 2.29. The first-order chi connectivity index (χ1) is 12.1. The fourth-order valence-corrected chi connectivity index (χ4v) is 2.53. The Balaban J connectivity index is 0.000000701. The zero-order chi connectivity index (χ0) is 18.1. The quantitative estimate of drug-likeness (QED) is 0.708. The molecule has 9 heteroatoms. The molecule has 0 radical (unpaired) electrons. The number of hydrogen-bond donors (Lipinski definition) is 3. The third-order valence-corrected chi connectivity index (χ3v) is 3.68. The van der Waals surface area contributed by atoms with E-state index in [0.717, 1.165) is 12.1 Å². The number of carbonyl (C=O) groups excluding carboxylic acids is 1. The molecule has 1 saturated heterocycles. The highest BCUT2D eigenvalue weighted by molar-refractivity contribution is 6.33. The summed E-state index contributed by atoms with van der Waals surface area (Å²) in [6, 6.07) is 9.01. The van der Waals surface area contributed by atoms with Crippen LogP contribution < -0.4 is 10.6 Å². The summed E-state index contributed by atoms with van der Waals surface area (Å²) in [7, 11) is 0. The summed E-state index contributed by atoms with van der Waals surface area (Å²) in [6.07, 6.45) is 0.322. The molecule has 1 fully saturated rings. The van der Waals surface area contributed by atoms with E-state index in [-0.39, 0.29) is 18.4 Å². The zero-order valence-electron chi connectivity index (χ0n) is 13.3. The molecule has 2 heterocycles. The SMILES string of the molecule is O=C(CC1COCCN1)Nc1cc(-c2ccccc2Cl)no1.O=CO. The van der Waals surface area contributed by atoms with Crippen molar-refractivity contribution < 1.29 is 24.0 Å². The lowest BCUT2D eigenvalue weighted by molar-refractivity contribution is -0.123. The van der Waals surface area contributed by atoms with Crippen molar-refractivity contribution in [2.24, 2.45) is 0 Å². The number of halogens is 1. The second-order valence-electron chi connectivity index (χ2n) is 5.14. The number of benzene rings is 1. The van der Waals surface area contributed by atoms with Crippen molar-refractivity contribution in [3.63, 3.8) is 0 Å². The van der Waals surface area contributed by atoms with Crippen molar-refractivity contribution in [3.8, 4) is 11.3 Å². The van der Waals surface area contributed by atoms with Crippen LogP contribution in [0.4, 0.5) is 5.88 Å².